The molecule has 1 amide bonds. The molecule has 1 unspecified atom stereocenters. The fourth-order valence-electron chi connectivity index (χ4n) is 2.28. The van der Waals surface area contributed by atoms with Gasteiger partial charge in [-0.15, -0.1) is 0 Å². The predicted octanol–water partition coefficient (Wildman–Crippen LogP) is -0.0856. The number of amides is 1. The van der Waals surface area contributed by atoms with Crippen molar-refractivity contribution in [3.63, 3.8) is 0 Å². The van der Waals surface area contributed by atoms with Crippen LogP contribution in [-0.4, -0.2) is 56.0 Å². The molecule has 1 atom stereocenters. The van der Waals surface area contributed by atoms with Crippen molar-refractivity contribution in [3.8, 4) is 0 Å². The number of hydrogen-bond acceptors (Lipinski definition) is 5. The Morgan fingerprint density at radius 3 is 2.57 bits per heavy atom. The Bertz CT molecular complexity index is 449. The second-order valence-electron chi connectivity index (χ2n) is 5.38. The molecule has 3 N–H and O–H groups in total. The van der Waals surface area contributed by atoms with Crippen LogP contribution in [0.3, 0.4) is 0 Å². The standard InChI is InChI=1S/C13H24N2O5S/c16-12(9-11-10-21(19,20)8-7-14-11)15-6-4-2-1-3-5-13(17)18/h11,14H,1-10H2,(H,15,16)(H,17,18). The molecule has 0 spiro atoms. The second-order valence-corrected chi connectivity index (χ2v) is 7.61. The minimum atomic E-state index is -3.01. The lowest BCUT2D eigenvalue weighted by molar-refractivity contribution is -0.137. The van der Waals surface area contributed by atoms with Crippen molar-refractivity contribution in [1.29, 1.82) is 0 Å². The van der Waals surface area contributed by atoms with E-state index < -0.39 is 15.8 Å². The molecule has 0 bridgehead atoms. The first-order chi connectivity index (χ1) is 9.89. The van der Waals surface area contributed by atoms with Crippen LogP contribution in [0, 0.1) is 0 Å². The van der Waals surface area contributed by atoms with Crippen molar-refractivity contribution < 1.29 is 23.1 Å². The predicted molar refractivity (Wildman–Crippen MR) is 78.8 cm³/mol. The molecule has 0 aromatic rings. The number of carbonyl (C=O) groups excluding carboxylic acids is 1. The van der Waals surface area contributed by atoms with Gasteiger partial charge in [-0.25, -0.2) is 8.42 Å². The molecule has 21 heavy (non-hydrogen) atoms. The summed E-state index contributed by atoms with van der Waals surface area (Å²) < 4.78 is 22.9. The van der Waals surface area contributed by atoms with Crippen molar-refractivity contribution in [2.75, 3.05) is 24.6 Å². The average Bonchev–Trinajstić information content (AvgIpc) is 2.36. The summed E-state index contributed by atoms with van der Waals surface area (Å²) >= 11 is 0. The third-order valence-electron chi connectivity index (χ3n) is 3.37. The quantitative estimate of drug-likeness (QED) is 0.512. The Morgan fingerprint density at radius 1 is 1.19 bits per heavy atom. The lowest BCUT2D eigenvalue weighted by Crippen LogP contribution is -2.47. The molecule has 0 aromatic carbocycles. The van der Waals surface area contributed by atoms with E-state index >= 15 is 0 Å². The minimum Gasteiger partial charge on any atom is -0.481 e. The number of carboxylic acid groups (broad SMARTS) is 1. The fourth-order valence-corrected chi connectivity index (χ4v) is 3.72. The smallest absolute Gasteiger partial charge is 0.303 e. The van der Waals surface area contributed by atoms with Crippen LogP contribution in [-0.2, 0) is 19.4 Å². The Kier molecular flexibility index (Phi) is 7.66. The van der Waals surface area contributed by atoms with Gasteiger partial charge < -0.3 is 15.7 Å². The average molecular weight is 320 g/mol. The molecule has 0 radical (unpaired) electrons. The minimum absolute atomic E-state index is 0.0234. The lowest BCUT2D eigenvalue weighted by atomic mass is 10.1. The number of nitrogens with one attached hydrogen (secondary N) is 2. The largest absolute Gasteiger partial charge is 0.481 e. The number of carboxylic acids is 1. The van der Waals surface area contributed by atoms with Crippen molar-refractivity contribution in [1.82, 2.24) is 10.6 Å². The second kappa shape index (κ2) is 8.99. The Balaban J connectivity index is 2.05. The topological polar surface area (TPSA) is 113 Å². The first-order valence-corrected chi connectivity index (χ1v) is 9.13. The highest BCUT2D eigenvalue weighted by Crippen LogP contribution is 2.05. The summed E-state index contributed by atoms with van der Waals surface area (Å²) in [5.74, 6) is -0.759. The van der Waals surface area contributed by atoms with Gasteiger partial charge in [0.15, 0.2) is 9.84 Å². The summed E-state index contributed by atoms with van der Waals surface area (Å²) in [6, 6.07) is -0.292. The summed E-state index contributed by atoms with van der Waals surface area (Å²) in [7, 11) is -3.01. The Hall–Kier alpha value is -1.15. The lowest BCUT2D eigenvalue weighted by Gasteiger charge is -2.23. The number of aliphatic carboxylic acids is 1. The van der Waals surface area contributed by atoms with E-state index in [9.17, 15) is 18.0 Å². The van der Waals surface area contributed by atoms with Gasteiger partial charge in [-0.2, -0.15) is 0 Å². The zero-order chi connectivity index (χ0) is 15.7. The molecule has 8 heteroatoms. The van der Waals surface area contributed by atoms with Crippen LogP contribution >= 0.6 is 0 Å². The summed E-state index contributed by atoms with van der Waals surface area (Å²) in [5, 5.41) is 14.3. The van der Waals surface area contributed by atoms with Gasteiger partial charge in [0.2, 0.25) is 5.91 Å². The molecule has 1 aliphatic heterocycles. The van der Waals surface area contributed by atoms with Crippen LogP contribution in [0.25, 0.3) is 0 Å². The third kappa shape index (κ3) is 8.67. The number of carbonyl (C=O) groups is 2. The van der Waals surface area contributed by atoms with Gasteiger partial charge >= 0.3 is 5.97 Å². The van der Waals surface area contributed by atoms with Crippen molar-refractivity contribution in [2.24, 2.45) is 0 Å². The van der Waals surface area contributed by atoms with Gasteiger partial charge in [-0.3, -0.25) is 9.59 Å². The first kappa shape index (κ1) is 17.9. The van der Waals surface area contributed by atoms with E-state index in [-0.39, 0.29) is 36.3 Å². The SMILES string of the molecule is O=C(O)CCCCCCNC(=O)CC1CS(=O)(=O)CCN1. The number of hydrogen-bond donors (Lipinski definition) is 3. The summed E-state index contributed by atoms with van der Waals surface area (Å²) in [6.45, 7) is 0.954. The molecule has 1 rings (SSSR count). The van der Waals surface area contributed by atoms with Crippen LogP contribution in [0.5, 0.6) is 0 Å². The molecule has 122 valence electrons. The van der Waals surface area contributed by atoms with E-state index in [0.29, 0.717) is 19.5 Å². The number of rotatable bonds is 9. The molecule has 0 saturated carbocycles. The fraction of sp³-hybridized carbons (Fsp3) is 0.846. The van der Waals surface area contributed by atoms with E-state index in [1.165, 1.54) is 0 Å². The summed E-state index contributed by atoms with van der Waals surface area (Å²) in [6.07, 6.45) is 3.55. The normalized spacial score (nSPS) is 20.9. The van der Waals surface area contributed by atoms with Crippen molar-refractivity contribution >= 4 is 21.7 Å². The van der Waals surface area contributed by atoms with Crippen LogP contribution < -0.4 is 10.6 Å². The van der Waals surface area contributed by atoms with Gasteiger partial charge in [0.1, 0.15) is 0 Å². The van der Waals surface area contributed by atoms with Crippen LogP contribution in [0.2, 0.25) is 0 Å². The van der Waals surface area contributed by atoms with Crippen molar-refractivity contribution in [3.05, 3.63) is 0 Å². The van der Waals surface area contributed by atoms with Crippen LogP contribution in [0.1, 0.15) is 38.5 Å². The molecule has 1 aliphatic rings. The van der Waals surface area contributed by atoms with Gasteiger partial charge in [-0.05, 0) is 12.8 Å². The van der Waals surface area contributed by atoms with E-state index in [1.807, 2.05) is 0 Å². The van der Waals surface area contributed by atoms with Crippen LogP contribution in [0.15, 0.2) is 0 Å². The van der Waals surface area contributed by atoms with Gasteiger partial charge in [-0.1, -0.05) is 12.8 Å². The van der Waals surface area contributed by atoms with Gasteiger partial charge in [0.25, 0.3) is 0 Å². The molecule has 1 fully saturated rings. The van der Waals surface area contributed by atoms with Gasteiger partial charge in [0, 0.05) is 32.0 Å². The Labute approximate surface area is 125 Å². The van der Waals surface area contributed by atoms with E-state index in [1.54, 1.807) is 0 Å². The maximum atomic E-state index is 11.7. The van der Waals surface area contributed by atoms with E-state index in [2.05, 4.69) is 10.6 Å². The molecule has 0 aromatic heterocycles. The first-order valence-electron chi connectivity index (χ1n) is 7.31. The highest BCUT2D eigenvalue weighted by Gasteiger charge is 2.25. The highest BCUT2D eigenvalue weighted by molar-refractivity contribution is 7.91. The molecule has 0 aliphatic carbocycles. The highest BCUT2D eigenvalue weighted by atomic mass is 32.2. The van der Waals surface area contributed by atoms with Crippen LogP contribution in [0.4, 0.5) is 0 Å². The number of unbranched alkanes of at least 4 members (excludes halogenated alkanes) is 3. The molecule has 7 nitrogen and oxygen atoms in total. The molecule has 1 heterocycles. The Morgan fingerprint density at radius 2 is 1.90 bits per heavy atom. The third-order valence-corrected chi connectivity index (χ3v) is 5.11. The monoisotopic (exact) mass is 320 g/mol. The maximum Gasteiger partial charge on any atom is 0.303 e. The molecular formula is C13H24N2O5S. The zero-order valence-electron chi connectivity index (χ0n) is 12.1. The summed E-state index contributed by atoms with van der Waals surface area (Å²) in [5.41, 5.74) is 0. The molecular weight excluding hydrogens is 296 g/mol. The summed E-state index contributed by atoms with van der Waals surface area (Å²) in [4.78, 5) is 22.0. The molecule has 1 saturated heterocycles. The zero-order valence-corrected chi connectivity index (χ0v) is 13.0. The van der Waals surface area contributed by atoms with Crippen molar-refractivity contribution in [2.45, 2.75) is 44.6 Å². The van der Waals surface area contributed by atoms with Gasteiger partial charge in [0.05, 0.1) is 11.5 Å². The maximum absolute atomic E-state index is 11.7. The van der Waals surface area contributed by atoms with E-state index in [4.69, 9.17) is 5.11 Å². The number of sulfone groups is 1. The van der Waals surface area contributed by atoms with E-state index in [0.717, 1.165) is 19.3 Å².